The van der Waals surface area contributed by atoms with Gasteiger partial charge in [-0.2, -0.15) is 0 Å². The van der Waals surface area contributed by atoms with Crippen LogP contribution in [0.25, 0.3) is 11.0 Å². The maximum atomic E-state index is 6.03. The highest BCUT2D eigenvalue weighted by atomic mass is 16.5. The Kier molecular flexibility index (Phi) is 3.02. The van der Waals surface area contributed by atoms with Gasteiger partial charge in [0.05, 0.1) is 6.54 Å². The highest BCUT2D eigenvalue weighted by Crippen LogP contribution is 2.41. The van der Waals surface area contributed by atoms with E-state index in [9.17, 15) is 0 Å². The van der Waals surface area contributed by atoms with Gasteiger partial charge in [-0.1, -0.05) is 19.1 Å². The fraction of sp³-hybridized carbons (Fsp3) is 0.500. The molecule has 102 valence electrons. The summed E-state index contributed by atoms with van der Waals surface area (Å²) in [6.45, 7) is 8.19. The molecule has 0 spiro atoms. The SMILES string of the molecule is CCCNCc1cc2ccc3c(c2o1)OC(C)(C)C3. The third-order valence-electron chi connectivity index (χ3n) is 3.49. The zero-order valence-electron chi connectivity index (χ0n) is 11.9. The van der Waals surface area contributed by atoms with E-state index in [-0.39, 0.29) is 5.60 Å². The molecule has 1 aromatic heterocycles. The quantitative estimate of drug-likeness (QED) is 0.851. The van der Waals surface area contributed by atoms with Crippen molar-refractivity contribution in [1.82, 2.24) is 5.32 Å². The molecule has 0 atom stereocenters. The van der Waals surface area contributed by atoms with E-state index >= 15 is 0 Å². The van der Waals surface area contributed by atoms with Crippen LogP contribution in [-0.2, 0) is 13.0 Å². The Bertz CT molecular complexity index is 598. The van der Waals surface area contributed by atoms with Crippen LogP contribution in [0.15, 0.2) is 22.6 Å². The number of benzene rings is 1. The molecule has 3 nitrogen and oxygen atoms in total. The number of ether oxygens (including phenoxy) is 1. The maximum Gasteiger partial charge on any atom is 0.176 e. The van der Waals surface area contributed by atoms with Crippen LogP contribution >= 0.6 is 0 Å². The molecule has 2 aromatic rings. The minimum absolute atomic E-state index is 0.121. The lowest BCUT2D eigenvalue weighted by Gasteiger charge is -2.16. The smallest absolute Gasteiger partial charge is 0.176 e. The van der Waals surface area contributed by atoms with E-state index in [0.717, 1.165) is 48.4 Å². The Hall–Kier alpha value is -1.48. The van der Waals surface area contributed by atoms with Gasteiger partial charge in [0, 0.05) is 17.4 Å². The summed E-state index contributed by atoms with van der Waals surface area (Å²) in [4.78, 5) is 0. The zero-order valence-corrected chi connectivity index (χ0v) is 11.9. The van der Waals surface area contributed by atoms with Gasteiger partial charge in [-0.15, -0.1) is 0 Å². The van der Waals surface area contributed by atoms with E-state index in [0.29, 0.717) is 0 Å². The van der Waals surface area contributed by atoms with Crippen molar-refractivity contribution in [2.45, 2.75) is 45.8 Å². The van der Waals surface area contributed by atoms with Gasteiger partial charge in [0.15, 0.2) is 11.3 Å². The van der Waals surface area contributed by atoms with Crippen molar-refractivity contribution in [3.05, 3.63) is 29.5 Å². The van der Waals surface area contributed by atoms with Gasteiger partial charge in [-0.05, 0) is 32.9 Å². The Morgan fingerprint density at radius 2 is 2.16 bits per heavy atom. The Morgan fingerprint density at radius 1 is 1.32 bits per heavy atom. The topological polar surface area (TPSA) is 34.4 Å². The average Bonchev–Trinajstić information content (AvgIpc) is 2.88. The first kappa shape index (κ1) is 12.5. The molecule has 1 aromatic carbocycles. The largest absolute Gasteiger partial charge is 0.483 e. The normalized spacial score (nSPS) is 16.6. The second-order valence-corrected chi connectivity index (χ2v) is 5.90. The van der Waals surface area contributed by atoms with Crippen molar-refractivity contribution in [3.8, 4) is 5.75 Å². The summed E-state index contributed by atoms with van der Waals surface area (Å²) in [6, 6.07) is 6.39. The lowest BCUT2D eigenvalue weighted by Crippen LogP contribution is -2.24. The monoisotopic (exact) mass is 259 g/mol. The lowest BCUT2D eigenvalue weighted by atomic mass is 10.0. The molecule has 19 heavy (non-hydrogen) atoms. The van der Waals surface area contributed by atoms with Crippen molar-refractivity contribution < 1.29 is 9.15 Å². The number of hydrogen-bond acceptors (Lipinski definition) is 3. The summed E-state index contributed by atoms with van der Waals surface area (Å²) < 4.78 is 12.0. The molecule has 2 heterocycles. The molecule has 0 amide bonds. The summed E-state index contributed by atoms with van der Waals surface area (Å²) in [5.41, 5.74) is 2.03. The van der Waals surface area contributed by atoms with Gasteiger partial charge < -0.3 is 14.5 Å². The van der Waals surface area contributed by atoms with Crippen molar-refractivity contribution in [1.29, 1.82) is 0 Å². The van der Waals surface area contributed by atoms with Crippen LogP contribution in [-0.4, -0.2) is 12.1 Å². The molecular formula is C16H21NO2. The molecular weight excluding hydrogens is 238 g/mol. The van der Waals surface area contributed by atoms with Gasteiger partial charge >= 0.3 is 0 Å². The minimum atomic E-state index is -0.121. The molecule has 0 saturated carbocycles. The second kappa shape index (κ2) is 4.57. The second-order valence-electron chi connectivity index (χ2n) is 5.90. The van der Waals surface area contributed by atoms with Crippen LogP contribution in [0.4, 0.5) is 0 Å². The fourth-order valence-corrected chi connectivity index (χ4v) is 2.67. The first-order valence-electron chi connectivity index (χ1n) is 7.03. The van der Waals surface area contributed by atoms with Gasteiger partial charge in [0.25, 0.3) is 0 Å². The van der Waals surface area contributed by atoms with Gasteiger partial charge in [-0.3, -0.25) is 0 Å². The van der Waals surface area contributed by atoms with Crippen molar-refractivity contribution in [3.63, 3.8) is 0 Å². The molecule has 0 fully saturated rings. The highest BCUT2D eigenvalue weighted by Gasteiger charge is 2.32. The predicted octanol–water partition coefficient (Wildman–Crippen LogP) is 3.65. The first-order chi connectivity index (χ1) is 9.09. The molecule has 3 heteroatoms. The molecule has 3 rings (SSSR count). The molecule has 0 radical (unpaired) electrons. The lowest BCUT2D eigenvalue weighted by molar-refractivity contribution is 0.138. The maximum absolute atomic E-state index is 6.03. The predicted molar refractivity (Wildman–Crippen MR) is 76.6 cm³/mol. The molecule has 0 saturated heterocycles. The van der Waals surface area contributed by atoms with Crippen molar-refractivity contribution >= 4 is 11.0 Å². The molecule has 0 unspecified atom stereocenters. The standard InChI is InChI=1S/C16H21NO2/c1-4-7-17-10-13-8-11-5-6-12-9-16(2,3)19-15(12)14(11)18-13/h5-6,8,17H,4,7,9-10H2,1-3H3. The van der Waals surface area contributed by atoms with Crippen LogP contribution in [0.5, 0.6) is 5.75 Å². The summed E-state index contributed by atoms with van der Waals surface area (Å²) in [5, 5.41) is 4.49. The molecule has 0 aliphatic carbocycles. The Balaban J connectivity index is 1.92. The highest BCUT2D eigenvalue weighted by molar-refractivity contribution is 5.85. The molecule has 0 bridgehead atoms. The van der Waals surface area contributed by atoms with E-state index in [1.54, 1.807) is 0 Å². The molecule has 1 N–H and O–H groups in total. The van der Waals surface area contributed by atoms with Gasteiger partial charge in [0.2, 0.25) is 0 Å². The van der Waals surface area contributed by atoms with Crippen LogP contribution in [0.3, 0.4) is 0 Å². The minimum Gasteiger partial charge on any atom is -0.483 e. The molecule has 1 aliphatic heterocycles. The van der Waals surface area contributed by atoms with Gasteiger partial charge in [-0.25, -0.2) is 0 Å². The number of hydrogen-bond donors (Lipinski definition) is 1. The third-order valence-corrected chi connectivity index (χ3v) is 3.49. The zero-order chi connectivity index (χ0) is 13.5. The van der Waals surface area contributed by atoms with Gasteiger partial charge in [0.1, 0.15) is 11.4 Å². The Morgan fingerprint density at radius 3 is 2.95 bits per heavy atom. The van der Waals surface area contributed by atoms with E-state index in [4.69, 9.17) is 9.15 Å². The van der Waals surface area contributed by atoms with Crippen molar-refractivity contribution in [2.75, 3.05) is 6.54 Å². The van der Waals surface area contributed by atoms with Crippen LogP contribution < -0.4 is 10.1 Å². The third kappa shape index (κ3) is 2.35. The summed E-state index contributed by atoms with van der Waals surface area (Å²) in [6.07, 6.45) is 2.08. The van der Waals surface area contributed by atoms with Crippen LogP contribution in [0.2, 0.25) is 0 Å². The van der Waals surface area contributed by atoms with Crippen LogP contribution in [0.1, 0.15) is 38.5 Å². The Labute approximate surface area is 113 Å². The van der Waals surface area contributed by atoms with E-state index in [1.807, 2.05) is 0 Å². The van der Waals surface area contributed by atoms with E-state index < -0.39 is 0 Å². The summed E-state index contributed by atoms with van der Waals surface area (Å²) >= 11 is 0. The molecule has 1 aliphatic rings. The average molecular weight is 259 g/mol. The summed E-state index contributed by atoms with van der Waals surface area (Å²) in [5.74, 6) is 1.91. The van der Waals surface area contributed by atoms with E-state index in [1.165, 1.54) is 5.56 Å². The number of nitrogens with one attached hydrogen (secondary N) is 1. The first-order valence-corrected chi connectivity index (χ1v) is 7.03. The summed E-state index contributed by atoms with van der Waals surface area (Å²) in [7, 11) is 0. The van der Waals surface area contributed by atoms with Crippen molar-refractivity contribution in [2.24, 2.45) is 0 Å². The van der Waals surface area contributed by atoms with Crippen LogP contribution in [0, 0.1) is 0 Å². The number of rotatable bonds is 4. The number of fused-ring (bicyclic) bond motifs is 3. The number of furan rings is 1. The van der Waals surface area contributed by atoms with E-state index in [2.05, 4.69) is 44.3 Å². The fourth-order valence-electron chi connectivity index (χ4n) is 2.67.